The first-order valence-electron chi connectivity index (χ1n) is 7.05. The Kier molecular flexibility index (Phi) is 5.15. The molecular formula is C17H22N2OS. The molecule has 0 aliphatic rings. The highest BCUT2D eigenvalue weighted by molar-refractivity contribution is 7.14. The van der Waals surface area contributed by atoms with Gasteiger partial charge in [-0.05, 0) is 45.1 Å². The molecule has 0 radical (unpaired) electrons. The molecule has 1 amide bonds. The molecule has 1 aromatic heterocycles. The van der Waals surface area contributed by atoms with Gasteiger partial charge in [0.05, 0.1) is 10.9 Å². The number of hydrogen-bond acceptors (Lipinski definition) is 3. The van der Waals surface area contributed by atoms with Gasteiger partial charge in [0, 0.05) is 11.4 Å². The Bertz CT molecular complexity index is 585. The number of hydrogen-bond donors (Lipinski definition) is 1. The first-order chi connectivity index (χ1) is 9.99. The number of nitrogens with zero attached hydrogens (tertiary/aromatic N) is 1. The number of rotatable bonds is 5. The fraction of sp³-hybridized carbons (Fsp3) is 0.353. The largest absolute Gasteiger partial charge is 0.349 e. The Morgan fingerprint density at radius 3 is 2.43 bits per heavy atom. The summed E-state index contributed by atoms with van der Waals surface area (Å²) in [4.78, 5) is 16.4. The minimum atomic E-state index is 0.0129. The van der Waals surface area contributed by atoms with Gasteiger partial charge >= 0.3 is 0 Å². The number of likely N-dealkylation sites (N-methyl/N-ethyl adjacent to an activating group) is 1. The smallest absolute Gasteiger partial charge is 0.261 e. The van der Waals surface area contributed by atoms with Gasteiger partial charge in [-0.2, -0.15) is 0 Å². The fourth-order valence-electron chi connectivity index (χ4n) is 2.24. The summed E-state index contributed by atoms with van der Waals surface area (Å²) in [5.74, 6) is 0.0129. The van der Waals surface area contributed by atoms with E-state index in [2.05, 4.69) is 22.3 Å². The van der Waals surface area contributed by atoms with Crippen molar-refractivity contribution in [2.45, 2.75) is 19.9 Å². The summed E-state index contributed by atoms with van der Waals surface area (Å²) in [6, 6.07) is 12.4. The summed E-state index contributed by atoms with van der Waals surface area (Å²) < 4.78 is 0. The molecule has 0 fully saturated rings. The van der Waals surface area contributed by atoms with Crippen LogP contribution in [-0.4, -0.2) is 31.4 Å². The van der Waals surface area contributed by atoms with Crippen LogP contribution in [0.3, 0.4) is 0 Å². The van der Waals surface area contributed by atoms with Gasteiger partial charge < -0.3 is 10.2 Å². The van der Waals surface area contributed by atoms with Crippen LogP contribution in [0.5, 0.6) is 0 Å². The van der Waals surface area contributed by atoms with Crippen LogP contribution in [0.1, 0.15) is 31.7 Å². The highest BCUT2D eigenvalue weighted by Gasteiger charge is 2.16. The first kappa shape index (κ1) is 15.7. The Morgan fingerprint density at radius 2 is 1.90 bits per heavy atom. The van der Waals surface area contributed by atoms with Crippen molar-refractivity contribution in [2.24, 2.45) is 0 Å². The van der Waals surface area contributed by atoms with Crippen LogP contribution in [0.25, 0.3) is 0 Å². The first-order valence-corrected chi connectivity index (χ1v) is 7.87. The minimum Gasteiger partial charge on any atom is -0.349 e. The summed E-state index contributed by atoms with van der Waals surface area (Å²) in [6.45, 7) is 4.68. The maximum atomic E-state index is 12.2. The Labute approximate surface area is 130 Å². The molecular weight excluding hydrogens is 280 g/mol. The van der Waals surface area contributed by atoms with E-state index in [-0.39, 0.29) is 11.9 Å². The second kappa shape index (κ2) is 6.87. The molecule has 1 atom stereocenters. The van der Waals surface area contributed by atoms with E-state index in [1.165, 1.54) is 16.0 Å². The summed E-state index contributed by atoms with van der Waals surface area (Å²) >= 11 is 1.55. The molecule has 0 bridgehead atoms. The molecule has 0 saturated carbocycles. The summed E-state index contributed by atoms with van der Waals surface area (Å²) in [5, 5.41) is 3.05. The topological polar surface area (TPSA) is 32.3 Å². The standard InChI is InChI=1S/C17H22N2OS/c1-12-10-16(21-13(12)2)17(20)18-11-15(19(3)4)14-8-6-5-7-9-14/h5-10,15H,11H2,1-4H3,(H,18,20). The van der Waals surface area contributed by atoms with Crippen molar-refractivity contribution in [2.75, 3.05) is 20.6 Å². The predicted octanol–water partition coefficient (Wildman–Crippen LogP) is 3.40. The van der Waals surface area contributed by atoms with E-state index in [9.17, 15) is 4.79 Å². The SMILES string of the molecule is Cc1cc(C(=O)NCC(c2ccccc2)N(C)C)sc1C. The third-order valence-electron chi connectivity index (χ3n) is 3.65. The van der Waals surface area contributed by atoms with Gasteiger partial charge in [-0.25, -0.2) is 0 Å². The van der Waals surface area contributed by atoms with E-state index in [1.54, 1.807) is 11.3 Å². The van der Waals surface area contributed by atoms with Crippen molar-refractivity contribution in [1.82, 2.24) is 10.2 Å². The predicted molar refractivity (Wildman–Crippen MR) is 89.0 cm³/mol. The number of thiophene rings is 1. The molecule has 0 saturated heterocycles. The monoisotopic (exact) mass is 302 g/mol. The number of aryl methyl sites for hydroxylation is 2. The lowest BCUT2D eigenvalue weighted by Gasteiger charge is -2.25. The van der Waals surface area contributed by atoms with Crippen LogP contribution in [0.2, 0.25) is 0 Å². The number of amides is 1. The van der Waals surface area contributed by atoms with Crippen LogP contribution in [-0.2, 0) is 0 Å². The molecule has 0 aliphatic heterocycles. The zero-order valence-corrected chi connectivity index (χ0v) is 13.8. The Hall–Kier alpha value is -1.65. The molecule has 1 N–H and O–H groups in total. The van der Waals surface area contributed by atoms with Crippen LogP contribution >= 0.6 is 11.3 Å². The molecule has 112 valence electrons. The summed E-state index contributed by atoms with van der Waals surface area (Å²) in [7, 11) is 4.06. The van der Waals surface area contributed by atoms with Gasteiger partial charge in [0.2, 0.25) is 0 Å². The minimum absolute atomic E-state index is 0.0129. The molecule has 0 aliphatic carbocycles. The number of nitrogens with one attached hydrogen (secondary N) is 1. The lowest BCUT2D eigenvalue weighted by atomic mass is 10.1. The van der Waals surface area contributed by atoms with Crippen LogP contribution in [0, 0.1) is 13.8 Å². The molecule has 2 rings (SSSR count). The highest BCUT2D eigenvalue weighted by Crippen LogP contribution is 2.21. The maximum Gasteiger partial charge on any atom is 0.261 e. The molecule has 2 aromatic rings. The number of carbonyl (C=O) groups excluding carboxylic acids is 1. The van der Waals surface area contributed by atoms with E-state index < -0.39 is 0 Å². The molecule has 3 nitrogen and oxygen atoms in total. The number of carbonyl (C=O) groups is 1. The zero-order valence-electron chi connectivity index (χ0n) is 13.0. The highest BCUT2D eigenvalue weighted by atomic mass is 32.1. The van der Waals surface area contributed by atoms with E-state index in [1.807, 2.05) is 52.2 Å². The van der Waals surface area contributed by atoms with E-state index in [0.29, 0.717) is 6.54 Å². The third kappa shape index (κ3) is 3.93. The molecule has 4 heteroatoms. The normalized spacial score (nSPS) is 12.4. The average Bonchev–Trinajstić information content (AvgIpc) is 2.79. The lowest BCUT2D eigenvalue weighted by molar-refractivity contribution is 0.0946. The molecule has 21 heavy (non-hydrogen) atoms. The Morgan fingerprint density at radius 1 is 1.24 bits per heavy atom. The van der Waals surface area contributed by atoms with Gasteiger partial charge in [0.25, 0.3) is 5.91 Å². The number of benzene rings is 1. The van der Waals surface area contributed by atoms with Gasteiger partial charge in [0.15, 0.2) is 0 Å². The van der Waals surface area contributed by atoms with E-state index >= 15 is 0 Å². The van der Waals surface area contributed by atoms with E-state index in [4.69, 9.17) is 0 Å². The second-order valence-corrected chi connectivity index (χ2v) is 6.71. The lowest BCUT2D eigenvalue weighted by Crippen LogP contribution is -2.34. The third-order valence-corrected chi connectivity index (χ3v) is 4.80. The molecule has 0 spiro atoms. The van der Waals surface area contributed by atoms with Crippen LogP contribution in [0.15, 0.2) is 36.4 Å². The summed E-state index contributed by atoms with van der Waals surface area (Å²) in [5.41, 5.74) is 2.39. The van der Waals surface area contributed by atoms with Crippen molar-refractivity contribution >= 4 is 17.2 Å². The summed E-state index contributed by atoms with van der Waals surface area (Å²) in [6.07, 6.45) is 0. The quantitative estimate of drug-likeness (QED) is 0.918. The van der Waals surface area contributed by atoms with Crippen molar-refractivity contribution in [3.8, 4) is 0 Å². The Balaban J connectivity index is 2.04. The van der Waals surface area contributed by atoms with Gasteiger partial charge in [0.1, 0.15) is 0 Å². The van der Waals surface area contributed by atoms with Crippen molar-refractivity contribution in [3.63, 3.8) is 0 Å². The van der Waals surface area contributed by atoms with Crippen molar-refractivity contribution in [3.05, 3.63) is 57.3 Å². The van der Waals surface area contributed by atoms with Gasteiger partial charge in [-0.3, -0.25) is 4.79 Å². The molecule has 1 aromatic carbocycles. The maximum absolute atomic E-state index is 12.2. The average molecular weight is 302 g/mol. The van der Waals surface area contributed by atoms with Gasteiger partial charge in [-0.1, -0.05) is 30.3 Å². The second-order valence-electron chi connectivity index (χ2n) is 5.45. The van der Waals surface area contributed by atoms with Crippen LogP contribution < -0.4 is 5.32 Å². The molecule has 1 heterocycles. The van der Waals surface area contributed by atoms with Crippen molar-refractivity contribution in [1.29, 1.82) is 0 Å². The van der Waals surface area contributed by atoms with Gasteiger partial charge in [-0.15, -0.1) is 11.3 Å². The van der Waals surface area contributed by atoms with E-state index in [0.717, 1.165) is 4.88 Å². The zero-order chi connectivity index (χ0) is 15.4. The van der Waals surface area contributed by atoms with Crippen LogP contribution in [0.4, 0.5) is 0 Å². The fourth-order valence-corrected chi connectivity index (χ4v) is 3.19. The molecule has 1 unspecified atom stereocenters. The van der Waals surface area contributed by atoms with Crippen molar-refractivity contribution < 1.29 is 4.79 Å².